The van der Waals surface area contributed by atoms with Crippen molar-refractivity contribution in [2.45, 2.75) is 25.8 Å². The number of ether oxygens (including phenoxy) is 2. The maximum absolute atomic E-state index is 5.44. The molecular weight excluding hydrogens is 342 g/mol. The first kappa shape index (κ1) is 20.6. The summed E-state index contributed by atoms with van der Waals surface area (Å²) in [4.78, 5) is 6.49. The Bertz CT molecular complexity index is 782. The zero-order valence-electron chi connectivity index (χ0n) is 17.4. The second-order valence-corrected chi connectivity index (χ2v) is 7.23. The Morgan fingerprint density at radius 1 is 1.26 bits per heavy atom. The first-order chi connectivity index (χ1) is 12.8. The highest BCUT2D eigenvalue weighted by atomic mass is 16.5. The molecule has 7 nitrogen and oxygen atoms in total. The summed E-state index contributed by atoms with van der Waals surface area (Å²) in [5.74, 6) is 2.31. The van der Waals surface area contributed by atoms with Gasteiger partial charge in [0.25, 0.3) is 0 Å². The van der Waals surface area contributed by atoms with Crippen LogP contribution in [-0.4, -0.2) is 55.5 Å². The van der Waals surface area contributed by atoms with E-state index >= 15 is 0 Å². The topological polar surface area (TPSA) is 63.9 Å². The number of aromatic nitrogens is 2. The van der Waals surface area contributed by atoms with Gasteiger partial charge in [0, 0.05) is 51.4 Å². The number of aliphatic imine (C=N–C) groups is 1. The van der Waals surface area contributed by atoms with Crippen LogP contribution in [0.5, 0.6) is 11.5 Å². The van der Waals surface area contributed by atoms with E-state index in [1.807, 2.05) is 38.6 Å². The van der Waals surface area contributed by atoms with E-state index in [4.69, 9.17) is 9.47 Å². The number of guanidine groups is 1. The number of nitrogens with one attached hydrogen (secondary N) is 1. The molecule has 0 aliphatic carbocycles. The van der Waals surface area contributed by atoms with Crippen LogP contribution in [-0.2, 0) is 19.0 Å². The summed E-state index contributed by atoms with van der Waals surface area (Å²) in [6.45, 7) is 5.85. The molecule has 0 amide bonds. The highest BCUT2D eigenvalue weighted by Gasteiger charge is 2.23. The summed E-state index contributed by atoms with van der Waals surface area (Å²) in [7, 11) is 9.04. The van der Waals surface area contributed by atoms with E-state index < -0.39 is 0 Å². The number of aryl methyl sites for hydroxylation is 1. The van der Waals surface area contributed by atoms with Crippen LogP contribution in [0.25, 0.3) is 0 Å². The third-order valence-corrected chi connectivity index (χ3v) is 4.60. The van der Waals surface area contributed by atoms with Crippen LogP contribution in [0.1, 0.15) is 25.0 Å². The highest BCUT2D eigenvalue weighted by Crippen LogP contribution is 2.32. The zero-order valence-corrected chi connectivity index (χ0v) is 17.4. The van der Waals surface area contributed by atoms with Crippen molar-refractivity contribution in [2.75, 3.05) is 34.9 Å². The molecule has 0 aliphatic heterocycles. The van der Waals surface area contributed by atoms with Crippen molar-refractivity contribution in [3.05, 3.63) is 41.7 Å². The first-order valence-corrected chi connectivity index (χ1v) is 8.92. The lowest BCUT2D eigenvalue weighted by molar-refractivity contribution is 0.353. The lowest BCUT2D eigenvalue weighted by Gasteiger charge is -2.29. The van der Waals surface area contributed by atoms with E-state index in [-0.39, 0.29) is 5.41 Å². The molecular formula is C20H31N5O2. The highest BCUT2D eigenvalue weighted by molar-refractivity contribution is 5.79. The van der Waals surface area contributed by atoms with Crippen LogP contribution < -0.4 is 14.8 Å². The van der Waals surface area contributed by atoms with E-state index in [0.29, 0.717) is 0 Å². The largest absolute Gasteiger partial charge is 0.493 e. The average molecular weight is 374 g/mol. The summed E-state index contributed by atoms with van der Waals surface area (Å²) in [6, 6.07) is 6.05. The molecule has 1 aromatic carbocycles. The van der Waals surface area contributed by atoms with Crippen LogP contribution in [0.15, 0.2) is 35.6 Å². The van der Waals surface area contributed by atoms with Gasteiger partial charge in [0.15, 0.2) is 17.5 Å². The van der Waals surface area contributed by atoms with Crippen LogP contribution in [0.4, 0.5) is 0 Å². The van der Waals surface area contributed by atoms with Crippen molar-refractivity contribution in [1.82, 2.24) is 20.0 Å². The molecule has 0 atom stereocenters. The number of nitrogens with zero attached hydrogens (tertiary/aromatic N) is 4. The van der Waals surface area contributed by atoms with Crippen molar-refractivity contribution >= 4 is 5.96 Å². The van der Waals surface area contributed by atoms with Gasteiger partial charge in [-0.1, -0.05) is 19.9 Å². The van der Waals surface area contributed by atoms with Crippen molar-refractivity contribution in [3.8, 4) is 11.5 Å². The summed E-state index contributed by atoms with van der Waals surface area (Å²) in [5, 5.41) is 7.70. The minimum absolute atomic E-state index is 0.120. The maximum Gasteiger partial charge on any atom is 0.193 e. The first-order valence-electron chi connectivity index (χ1n) is 8.92. The van der Waals surface area contributed by atoms with Crippen LogP contribution in [0.2, 0.25) is 0 Å². The lowest BCUT2D eigenvalue weighted by Crippen LogP contribution is -2.44. The Labute approximate surface area is 162 Å². The maximum atomic E-state index is 5.44. The Balaban J connectivity index is 2.05. The Morgan fingerprint density at radius 3 is 2.52 bits per heavy atom. The fraction of sp³-hybridized carbons (Fsp3) is 0.500. The fourth-order valence-corrected chi connectivity index (χ4v) is 2.95. The molecule has 0 spiro atoms. The molecule has 1 heterocycles. The molecule has 1 aromatic heterocycles. The van der Waals surface area contributed by atoms with Crippen LogP contribution >= 0.6 is 0 Å². The van der Waals surface area contributed by atoms with Crippen molar-refractivity contribution < 1.29 is 9.47 Å². The number of methoxy groups -OCH3 is 2. The molecule has 0 radical (unpaired) electrons. The Morgan fingerprint density at radius 2 is 1.96 bits per heavy atom. The van der Waals surface area contributed by atoms with Gasteiger partial charge in [-0.3, -0.25) is 9.67 Å². The number of benzene rings is 1. The van der Waals surface area contributed by atoms with E-state index in [2.05, 4.69) is 40.2 Å². The van der Waals surface area contributed by atoms with Gasteiger partial charge in [0.1, 0.15) is 0 Å². The van der Waals surface area contributed by atoms with Crippen molar-refractivity contribution in [1.29, 1.82) is 0 Å². The van der Waals surface area contributed by atoms with Crippen molar-refractivity contribution in [3.63, 3.8) is 0 Å². The van der Waals surface area contributed by atoms with E-state index in [1.165, 1.54) is 0 Å². The van der Waals surface area contributed by atoms with Crippen LogP contribution in [0, 0.1) is 0 Å². The van der Waals surface area contributed by atoms with Gasteiger partial charge in [0.2, 0.25) is 0 Å². The fourth-order valence-electron chi connectivity index (χ4n) is 2.95. The summed E-state index contributed by atoms with van der Waals surface area (Å²) >= 11 is 0. The molecule has 148 valence electrons. The van der Waals surface area contributed by atoms with E-state index in [1.54, 1.807) is 25.9 Å². The molecule has 1 N–H and O–H groups in total. The minimum Gasteiger partial charge on any atom is -0.493 e. The molecule has 0 bridgehead atoms. The molecule has 2 aromatic rings. The standard InChI is InChI=1S/C20H31N5O2/c1-20(2,16-8-9-17(26-6)18(10-16)27-7)14-22-19(21-3)24(4)12-15-11-23-25(5)13-15/h8-11,13H,12,14H2,1-7H3,(H,21,22). The monoisotopic (exact) mass is 373 g/mol. The average Bonchev–Trinajstić information content (AvgIpc) is 3.06. The third-order valence-electron chi connectivity index (χ3n) is 4.60. The zero-order chi connectivity index (χ0) is 20.0. The molecule has 0 saturated heterocycles. The van der Waals surface area contributed by atoms with Gasteiger partial charge in [0.05, 0.1) is 20.4 Å². The van der Waals surface area contributed by atoms with E-state index in [0.717, 1.165) is 41.7 Å². The predicted octanol–water partition coefficient (Wildman–Crippen LogP) is 2.42. The second kappa shape index (κ2) is 8.79. The smallest absolute Gasteiger partial charge is 0.193 e. The van der Waals surface area contributed by atoms with Gasteiger partial charge in [-0.15, -0.1) is 0 Å². The number of rotatable bonds is 7. The minimum atomic E-state index is -0.120. The molecule has 0 fully saturated rings. The van der Waals surface area contributed by atoms with Gasteiger partial charge in [-0.05, 0) is 17.7 Å². The van der Waals surface area contributed by atoms with Crippen molar-refractivity contribution in [2.24, 2.45) is 12.0 Å². The molecule has 7 heteroatoms. The van der Waals surface area contributed by atoms with E-state index in [9.17, 15) is 0 Å². The quantitative estimate of drug-likeness (QED) is 0.596. The molecule has 0 saturated carbocycles. The van der Waals surface area contributed by atoms with Gasteiger partial charge in [-0.25, -0.2) is 0 Å². The molecule has 2 rings (SSSR count). The van der Waals surface area contributed by atoms with Gasteiger partial charge >= 0.3 is 0 Å². The molecule has 27 heavy (non-hydrogen) atoms. The second-order valence-electron chi connectivity index (χ2n) is 7.23. The van der Waals surface area contributed by atoms with Gasteiger partial charge < -0.3 is 19.7 Å². The number of hydrogen-bond acceptors (Lipinski definition) is 4. The Hall–Kier alpha value is -2.70. The summed E-state index contributed by atoms with van der Waals surface area (Å²) < 4.78 is 12.6. The summed E-state index contributed by atoms with van der Waals surface area (Å²) in [6.07, 6.45) is 3.88. The predicted molar refractivity (Wildman–Crippen MR) is 109 cm³/mol. The Kier molecular flexibility index (Phi) is 6.71. The SMILES string of the molecule is CN=C(NCC(C)(C)c1ccc(OC)c(OC)c1)N(C)Cc1cnn(C)c1. The van der Waals surface area contributed by atoms with Crippen LogP contribution in [0.3, 0.4) is 0 Å². The summed E-state index contributed by atoms with van der Waals surface area (Å²) in [5.41, 5.74) is 2.19. The lowest BCUT2D eigenvalue weighted by atomic mass is 9.84. The molecule has 0 unspecified atom stereocenters. The number of hydrogen-bond donors (Lipinski definition) is 1. The molecule has 0 aliphatic rings. The third kappa shape index (κ3) is 5.15. The van der Waals surface area contributed by atoms with Gasteiger partial charge in [-0.2, -0.15) is 5.10 Å². The normalized spacial score (nSPS) is 12.0.